The minimum Gasteiger partial charge on any atom is -0.338 e. The predicted octanol–water partition coefficient (Wildman–Crippen LogP) is 2.56. The van der Waals surface area contributed by atoms with Gasteiger partial charge in [0.05, 0.1) is 0 Å². The van der Waals surface area contributed by atoms with Gasteiger partial charge in [0.2, 0.25) is 5.91 Å². The minimum absolute atomic E-state index is 0.332. The van der Waals surface area contributed by atoms with Crippen LogP contribution < -0.4 is 5.32 Å². The second kappa shape index (κ2) is 5.82. The Labute approximate surface area is 117 Å². The molecule has 0 aromatic heterocycles. The molecular weight excluding hydrogens is 236 g/mol. The standard InChI is InChI=1S/C16H28N2O/c1-12-4-6-13(7-5-12)16(19)18(15-8-9-15)11-14-3-2-10-17-14/h12-15,17H,2-11H2,1H3. The number of rotatable bonds is 4. The summed E-state index contributed by atoms with van der Waals surface area (Å²) in [6.07, 6.45) is 9.75. The summed E-state index contributed by atoms with van der Waals surface area (Å²) in [6, 6.07) is 1.14. The quantitative estimate of drug-likeness (QED) is 0.846. The molecule has 1 atom stereocenters. The maximum Gasteiger partial charge on any atom is 0.225 e. The Hall–Kier alpha value is -0.570. The molecule has 1 N–H and O–H groups in total. The highest BCUT2D eigenvalue weighted by Crippen LogP contribution is 2.34. The summed E-state index contributed by atoms with van der Waals surface area (Å²) in [5, 5.41) is 3.54. The van der Waals surface area contributed by atoms with Gasteiger partial charge in [0.25, 0.3) is 0 Å². The third-order valence-corrected chi connectivity index (χ3v) is 5.22. The zero-order valence-corrected chi connectivity index (χ0v) is 12.2. The third kappa shape index (κ3) is 3.31. The lowest BCUT2D eigenvalue weighted by Crippen LogP contribution is -2.45. The van der Waals surface area contributed by atoms with E-state index in [2.05, 4.69) is 17.1 Å². The highest BCUT2D eigenvalue weighted by molar-refractivity contribution is 5.79. The molecule has 0 aromatic rings. The normalized spacial score (nSPS) is 35.3. The van der Waals surface area contributed by atoms with Crippen molar-refractivity contribution in [2.24, 2.45) is 11.8 Å². The van der Waals surface area contributed by atoms with Crippen molar-refractivity contribution in [3.05, 3.63) is 0 Å². The summed E-state index contributed by atoms with van der Waals surface area (Å²) in [6.45, 7) is 4.43. The average molecular weight is 264 g/mol. The van der Waals surface area contributed by atoms with E-state index in [0.29, 0.717) is 23.9 Å². The maximum atomic E-state index is 12.8. The molecule has 0 spiro atoms. The Morgan fingerprint density at radius 1 is 1.11 bits per heavy atom. The first kappa shape index (κ1) is 13.4. The van der Waals surface area contributed by atoms with Crippen molar-refractivity contribution in [1.29, 1.82) is 0 Å². The SMILES string of the molecule is CC1CCC(C(=O)N(CC2CCCN2)C2CC2)CC1. The van der Waals surface area contributed by atoms with Crippen LogP contribution in [0.25, 0.3) is 0 Å². The molecule has 3 aliphatic rings. The number of nitrogens with zero attached hydrogens (tertiary/aromatic N) is 1. The molecule has 1 amide bonds. The largest absolute Gasteiger partial charge is 0.338 e. The molecule has 108 valence electrons. The van der Waals surface area contributed by atoms with E-state index in [0.717, 1.165) is 31.8 Å². The van der Waals surface area contributed by atoms with Crippen molar-refractivity contribution in [3.63, 3.8) is 0 Å². The summed E-state index contributed by atoms with van der Waals surface area (Å²) in [5.41, 5.74) is 0. The zero-order chi connectivity index (χ0) is 13.2. The topological polar surface area (TPSA) is 32.3 Å². The smallest absolute Gasteiger partial charge is 0.225 e. The number of hydrogen-bond donors (Lipinski definition) is 1. The highest BCUT2D eigenvalue weighted by Gasteiger charge is 2.38. The summed E-state index contributed by atoms with van der Waals surface area (Å²) in [5.74, 6) is 1.64. The molecule has 1 aliphatic heterocycles. The second-order valence-electron chi connectivity index (χ2n) is 6.97. The zero-order valence-electron chi connectivity index (χ0n) is 12.2. The van der Waals surface area contributed by atoms with Crippen molar-refractivity contribution in [2.45, 2.75) is 70.4 Å². The molecule has 0 aromatic carbocycles. The Bertz CT molecular complexity index is 313. The van der Waals surface area contributed by atoms with Crippen LogP contribution in [0.5, 0.6) is 0 Å². The molecule has 3 fully saturated rings. The lowest BCUT2D eigenvalue weighted by Gasteiger charge is -2.32. The van der Waals surface area contributed by atoms with Crippen molar-refractivity contribution in [1.82, 2.24) is 10.2 Å². The van der Waals surface area contributed by atoms with Gasteiger partial charge < -0.3 is 10.2 Å². The molecule has 1 heterocycles. The molecule has 2 saturated carbocycles. The number of amides is 1. The number of nitrogens with one attached hydrogen (secondary N) is 1. The van der Waals surface area contributed by atoms with Gasteiger partial charge in [-0.2, -0.15) is 0 Å². The number of carbonyl (C=O) groups excluding carboxylic acids is 1. The van der Waals surface area contributed by atoms with Gasteiger partial charge in [-0.25, -0.2) is 0 Å². The van der Waals surface area contributed by atoms with Gasteiger partial charge in [-0.3, -0.25) is 4.79 Å². The van der Waals surface area contributed by atoms with Crippen molar-refractivity contribution < 1.29 is 4.79 Å². The van der Waals surface area contributed by atoms with E-state index in [-0.39, 0.29) is 0 Å². The van der Waals surface area contributed by atoms with Crippen molar-refractivity contribution >= 4 is 5.91 Å². The summed E-state index contributed by atoms with van der Waals surface area (Å²) >= 11 is 0. The lowest BCUT2D eigenvalue weighted by molar-refractivity contribution is -0.137. The van der Waals surface area contributed by atoms with E-state index >= 15 is 0 Å². The first-order chi connectivity index (χ1) is 9.24. The van der Waals surface area contributed by atoms with E-state index in [4.69, 9.17) is 0 Å². The Morgan fingerprint density at radius 3 is 2.42 bits per heavy atom. The molecule has 0 bridgehead atoms. The fraction of sp³-hybridized carbons (Fsp3) is 0.938. The van der Waals surface area contributed by atoms with E-state index < -0.39 is 0 Å². The van der Waals surface area contributed by atoms with Gasteiger partial charge >= 0.3 is 0 Å². The molecule has 3 rings (SSSR count). The molecule has 3 heteroatoms. The van der Waals surface area contributed by atoms with Crippen LogP contribution in [0, 0.1) is 11.8 Å². The molecule has 1 unspecified atom stereocenters. The monoisotopic (exact) mass is 264 g/mol. The van der Waals surface area contributed by atoms with E-state index in [9.17, 15) is 4.79 Å². The third-order valence-electron chi connectivity index (χ3n) is 5.22. The van der Waals surface area contributed by atoms with Gasteiger partial charge in [-0.1, -0.05) is 6.92 Å². The molecule has 19 heavy (non-hydrogen) atoms. The van der Waals surface area contributed by atoms with Crippen LogP contribution in [-0.2, 0) is 4.79 Å². The van der Waals surface area contributed by atoms with E-state index in [1.165, 1.54) is 38.5 Å². The number of carbonyl (C=O) groups is 1. The summed E-state index contributed by atoms with van der Waals surface area (Å²) in [7, 11) is 0. The summed E-state index contributed by atoms with van der Waals surface area (Å²) in [4.78, 5) is 15.0. The molecule has 3 nitrogen and oxygen atoms in total. The van der Waals surface area contributed by atoms with Crippen LogP contribution in [-0.4, -0.2) is 36.0 Å². The molecule has 0 radical (unpaired) electrons. The van der Waals surface area contributed by atoms with Gasteiger partial charge in [0.1, 0.15) is 0 Å². The van der Waals surface area contributed by atoms with Gasteiger partial charge in [-0.15, -0.1) is 0 Å². The Balaban J connectivity index is 1.57. The van der Waals surface area contributed by atoms with Crippen LogP contribution in [0.1, 0.15) is 58.3 Å². The second-order valence-corrected chi connectivity index (χ2v) is 6.97. The maximum absolute atomic E-state index is 12.8. The fourth-order valence-corrected chi connectivity index (χ4v) is 3.70. The highest BCUT2D eigenvalue weighted by atomic mass is 16.2. The Morgan fingerprint density at radius 2 is 1.84 bits per heavy atom. The van der Waals surface area contributed by atoms with Gasteiger partial charge in [0.15, 0.2) is 0 Å². The van der Waals surface area contributed by atoms with Crippen LogP contribution in [0.2, 0.25) is 0 Å². The molecule has 1 saturated heterocycles. The average Bonchev–Trinajstić information content (AvgIpc) is 3.13. The van der Waals surface area contributed by atoms with Gasteiger partial charge in [-0.05, 0) is 63.8 Å². The van der Waals surface area contributed by atoms with Crippen molar-refractivity contribution in [2.75, 3.05) is 13.1 Å². The predicted molar refractivity (Wildman–Crippen MR) is 76.9 cm³/mol. The first-order valence-corrected chi connectivity index (χ1v) is 8.28. The van der Waals surface area contributed by atoms with Crippen LogP contribution in [0.15, 0.2) is 0 Å². The van der Waals surface area contributed by atoms with Gasteiger partial charge in [0, 0.05) is 24.5 Å². The lowest BCUT2D eigenvalue weighted by atomic mass is 9.82. The van der Waals surface area contributed by atoms with E-state index in [1.807, 2.05) is 0 Å². The summed E-state index contributed by atoms with van der Waals surface area (Å²) < 4.78 is 0. The minimum atomic E-state index is 0.332. The van der Waals surface area contributed by atoms with Crippen molar-refractivity contribution in [3.8, 4) is 0 Å². The van der Waals surface area contributed by atoms with Crippen LogP contribution in [0.4, 0.5) is 0 Å². The molecular formula is C16H28N2O. The molecule has 2 aliphatic carbocycles. The fourth-order valence-electron chi connectivity index (χ4n) is 3.70. The van der Waals surface area contributed by atoms with Crippen LogP contribution in [0.3, 0.4) is 0 Å². The number of hydrogen-bond acceptors (Lipinski definition) is 2. The first-order valence-electron chi connectivity index (χ1n) is 8.28. The van der Waals surface area contributed by atoms with E-state index in [1.54, 1.807) is 0 Å². The van der Waals surface area contributed by atoms with Crippen LogP contribution >= 0.6 is 0 Å². The Kier molecular flexibility index (Phi) is 4.11.